The summed E-state index contributed by atoms with van der Waals surface area (Å²) < 4.78 is 5.29. The van der Waals surface area contributed by atoms with Gasteiger partial charge in [-0.3, -0.25) is 9.59 Å². The van der Waals surface area contributed by atoms with Crippen molar-refractivity contribution in [2.45, 2.75) is 13.3 Å². The van der Waals surface area contributed by atoms with Gasteiger partial charge in [0.15, 0.2) is 0 Å². The summed E-state index contributed by atoms with van der Waals surface area (Å²) in [6.07, 6.45) is 0.632. The number of rotatable bonds is 7. The Morgan fingerprint density at radius 3 is 2.46 bits per heavy atom. The number of nitrogens with zero attached hydrogens (tertiary/aromatic N) is 2. The highest BCUT2D eigenvalue weighted by Gasteiger charge is 2.15. The lowest BCUT2D eigenvalue weighted by Crippen LogP contribution is -2.40. The van der Waals surface area contributed by atoms with E-state index in [1.807, 2.05) is 30.3 Å². The van der Waals surface area contributed by atoms with Gasteiger partial charge in [0, 0.05) is 19.2 Å². The number of carbonyl (C=O) groups excluding carboxylic acids is 2. The zero-order valence-corrected chi connectivity index (χ0v) is 14.9. The van der Waals surface area contributed by atoms with Crippen LogP contribution in [0.1, 0.15) is 18.1 Å². The van der Waals surface area contributed by atoms with Gasteiger partial charge >= 0.3 is 0 Å². The van der Waals surface area contributed by atoms with Gasteiger partial charge in [0.25, 0.3) is 0 Å². The highest BCUT2D eigenvalue weighted by Crippen LogP contribution is 2.17. The molecule has 6 heteroatoms. The maximum absolute atomic E-state index is 12.2. The molecule has 0 saturated heterocycles. The van der Waals surface area contributed by atoms with Crippen molar-refractivity contribution in [3.8, 4) is 11.8 Å². The van der Waals surface area contributed by atoms with Crippen LogP contribution in [0.2, 0.25) is 0 Å². The second-order valence-electron chi connectivity index (χ2n) is 5.68. The van der Waals surface area contributed by atoms with Crippen molar-refractivity contribution in [1.29, 1.82) is 5.26 Å². The number of hydrogen-bond donors (Lipinski definition) is 1. The third kappa shape index (κ3) is 5.08. The summed E-state index contributed by atoms with van der Waals surface area (Å²) in [6, 6.07) is 16.2. The van der Waals surface area contributed by atoms with E-state index in [-0.39, 0.29) is 18.4 Å². The molecule has 0 aliphatic heterocycles. The van der Waals surface area contributed by atoms with Crippen LogP contribution in [0.25, 0.3) is 0 Å². The summed E-state index contributed by atoms with van der Waals surface area (Å²) in [4.78, 5) is 25.5. The molecule has 134 valence electrons. The van der Waals surface area contributed by atoms with E-state index in [4.69, 9.17) is 10.00 Å². The zero-order chi connectivity index (χ0) is 18.9. The van der Waals surface area contributed by atoms with Crippen molar-refractivity contribution >= 4 is 17.5 Å². The van der Waals surface area contributed by atoms with E-state index in [0.29, 0.717) is 24.2 Å². The van der Waals surface area contributed by atoms with Crippen LogP contribution in [-0.2, 0) is 16.0 Å². The summed E-state index contributed by atoms with van der Waals surface area (Å²) in [7, 11) is 1.61. The Kier molecular flexibility index (Phi) is 6.75. The van der Waals surface area contributed by atoms with Gasteiger partial charge in [-0.05, 0) is 42.3 Å². The normalized spacial score (nSPS) is 9.88. The maximum atomic E-state index is 12.2. The van der Waals surface area contributed by atoms with E-state index in [1.165, 1.54) is 11.8 Å². The molecule has 2 aromatic rings. The molecule has 2 aromatic carbocycles. The second kappa shape index (κ2) is 9.23. The number of nitriles is 1. The number of ether oxygens (including phenoxy) is 1. The molecule has 0 radical (unpaired) electrons. The van der Waals surface area contributed by atoms with Crippen LogP contribution in [-0.4, -0.2) is 32.0 Å². The molecule has 0 spiro atoms. The van der Waals surface area contributed by atoms with Crippen LogP contribution in [0.15, 0.2) is 48.5 Å². The molecule has 2 rings (SSSR count). The fraction of sp³-hybridized carbons (Fsp3) is 0.250. The minimum Gasteiger partial charge on any atom is -0.496 e. The summed E-state index contributed by atoms with van der Waals surface area (Å²) in [5, 5.41) is 11.7. The molecule has 0 heterocycles. The zero-order valence-electron chi connectivity index (χ0n) is 14.9. The predicted molar refractivity (Wildman–Crippen MR) is 98.9 cm³/mol. The van der Waals surface area contributed by atoms with Crippen LogP contribution in [0, 0.1) is 11.3 Å². The van der Waals surface area contributed by atoms with E-state index < -0.39 is 0 Å². The Labute approximate surface area is 153 Å². The lowest BCUT2D eigenvalue weighted by Gasteiger charge is -2.20. The Balaban J connectivity index is 1.93. The summed E-state index contributed by atoms with van der Waals surface area (Å²) in [6.45, 7) is 1.77. The van der Waals surface area contributed by atoms with Crippen LogP contribution in [0.5, 0.6) is 5.75 Å². The van der Waals surface area contributed by atoms with E-state index in [0.717, 1.165) is 11.3 Å². The number of carbonyl (C=O) groups is 2. The molecule has 0 fully saturated rings. The van der Waals surface area contributed by atoms with Gasteiger partial charge < -0.3 is 15.0 Å². The van der Waals surface area contributed by atoms with E-state index >= 15 is 0 Å². The van der Waals surface area contributed by atoms with Crippen molar-refractivity contribution in [1.82, 2.24) is 5.32 Å². The molecule has 0 aliphatic carbocycles. The molecule has 1 N–H and O–H groups in total. The molecule has 0 unspecified atom stereocenters. The molecule has 2 amide bonds. The van der Waals surface area contributed by atoms with Crippen molar-refractivity contribution in [2.75, 3.05) is 25.1 Å². The van der Waals surface area contributed by atoms with Gasteiger partial charge in [0.1, 0.15) is 12.3 Å². The van der Waals surface area contributed by atoms with Crippen molar-refractivity contribution in [3.05, 3.63) is 59.7 Å². The summed E-state index contributed by atoms with van der Waals surface area (Å²) in [5.74, 6) is 0.290. The lowest BCUT2D eigenvalue weighted by atomic mass is 10.1. The molecule has 0 bridgehead atoms. The smallest absolute Gasteiger partial charge is 0.240 e. The Morgan fingerprint density at radius 2 is 1.85 bits per heavy atom. The summed E-state index contributed by atoms with van der Waals surface area (Å²) in [5.41, 5.74) is 2.08. The largest absolute Gasteiger partial charge is 0.496 e. The number of methoxy groups -OCH3 is 1. The first-order valence-electron chi connectivity index (χ1n) is 8.22. The average Bonchev–Trinajstić information content (AvgIpc) is 2.66. The Hall–Kier alpha value is -3.33. The quantitative estimate of drug-likeness (QED) is 0.830. The van der Waals surface area contributed by atoms with E-state index in [9.17, 15) is 9.59 Å². The molecular formula is C20H21N3O3. The van der Waals surface area contributed by atoms with Gasteiger partial charge in [-0.1, -0.05) is 18.2 Å². The molecule has 26 heavy (non-hydrogen) atoms. The Morgan fingerprint density at radius 1 is 1.15 bits per heavy atom. The van der Waals surface area contributed by atoms with Crippen molar-refractivity contribution in [2.24, 2.45) is 0 Å². The molecule has 0 atom stereocenters. The number of anilines is 1. The van der Waals surface area contributed by atoms with Crippen molar-refractivity contribution < 1.29 is 14.3 Å². The highest BCUT2D eigenvalue weighted by atomic mass is 16.5. The van der Waals surface area contributed by atoms with E-state index in [2.05, 4.69) is 5.32 Å². The minimum absolute atomic E-state index is 0.0762. The van der Waals surface area contributed by atoms with Crippen LogP contribution < -0.4 is 15.0 Å². The number of nitrogens with one attached hydrogen (secondary N) is 1. The fourth-order valence-corrected chi connectivity index (χ4v) is 2.55. The molecule has 0 aromatic heterocycles. The maximum Gasteiger partial charge on any atom is 0.240 e. The van der Waals surface area contributed by atoms with Gasteiger partial charge in [0.2, 0.25) is 11.8 Å². The summed E-state index contributed by atoms with van der Waals surface area (Å²) >= 11 is 0. The first kappa shape index (κ1) is 19.0. The number of benzene rings is 2. The molecule has 0 aliphatic rings. The average molecular weight is 351 g/mol. The topological polar surface area (TPSA) is 82.4 Å². The van der Waals surface area contributed by atoms with Crippen molar-refractivity contribution in [3.63, 3.8) is 0 Å². The van der Waals surface area contributed by atoms with Crippen LogP contribution >= 0.6 is 0 Å². The van der Waals surface area contributed by atoms with Gasteiger partial charge in [0.05, 0.1) is 18.7 Å². The SMILES string of the molecule is COc1ccccc1CCNC(=O)CN(C(C)=O)c1ccc(C#N)cc1. The number of hydrogen-bond acceptors (Lipinski definition) is 4. The standard InChI is InChI=1S/C20H21N3O3/c1-15(24)23(18-9-7-16(13-21)8-10-18)14-20(25)22-12-11-17-5-3-4-6-19(17)26-2/h3-10H,11-12,14H2,1-2H3,(H,22,25). The van der Waals surface area contributed by atoms with Gasteiger partial charge in [-0.2, -0.15) is 5.26 Å². The third-order valence-corrected chi connectivity index (χ3v) is 3.90. The van der Waals surface area contributed by atoms with Gasteiger partial charge in [-0.25, -0.2) is 0 Å². The first-order chi connectivity index (χ1) is 12.5. The number of para-hydroxylation sites is 1. The van der Waals surface area contributed by atoms with Gasteiger partial charge in [-0.15, -0.1) is 0 Å². The highest BCUT2D eigenvalue weighted by molar-refractivity contribution is 5.97. The monoisotopic (exact) mass is 351 g/mol. The van der Waals surface area contributed by atoms with Crippen LogP contribution in [0.3, 0.4) is 0 Å². The fourth-order valence-electron chi connectivity index (χ4n) is 2.55. The number of amides is 2. The minimum atomic E-state index is -0.251. The predicted octanol–water partition coefficient (Wildman–Crippen LogP) is 2.28. The molecule has 6 nitrogen and oxygen atoms in total. The van der Waals surface area contributed by atoms with Crippen LogP contribution in [0.4, 0.5) is 5.69 Å². The second-order valence-corrected chi connectivity index (χ2v) is 5.68. The Bertz CT molecular complexity index is 810. The first-order valence-corrected chi connectivity index (χ1v) is 8.22. The third-order valence-electron chi connectivity index (χ3n) is 3.90. The lowest BCUT2D eigenvalue weighted by molar-refractivity contribution is -0.123. The van der Waals surface area contributed by atoms with E-state index in [1.54, 1.807) is 31.4 Å². The molecular weight excluding hydrogens is 330 g/mol. The molecule has 0 saturated carbocycles.